The molecule has 3 rings (SSSR count). The minimum Gasteiger partial charge on any atom is -0.347 e. The number of benzene rings is 2. The summed E-state index contributed by atoms with van der Waals surface area (Å²) >= 11 is 0. The first-order valence-electron chi connectivity index (χ1n) is 11.0. The first-order chi connectivity index (χ1) is 16.2. The molecule has 8 nitrogen and oxygen atoms in total. The Morgan fingerprint density at radius 1 is 1.03 bits per heavy atom. The molecular weight excluding hydrogens is 465 g/mol. The molecule has 0 unspecified atom stereocenters. The van der Waals surface area contributed by atoms with Crippen molar-refractivity contribution in [3.05, 3.63) is 74.8 Å². The molecule has 0 spiro atoms. The van der Waals surface area contributed by atoms with Crippen LogP contribution in [0.15, 0.2) is 42.5 Å². The van der Waals surface area contributed by atoms with E-state index in [0.29, 0.717) is 31.3 Å². The van der Waals surface area contributed by atoms with E-state index in [2.05, 4.69) is 5.32 Å². The normalized spacial score (nSPS) is 15.1. The number of carbonyl (C=O) groups is 2. The van der Waals surface area contributed by atoms with Crippen LogP contribution in [0, 0.1) is 10.1 Å². The molecule has 0 aliphatic carbocycles. The maximum Gasteiger partial charge on any atom is 0.417 e. The largest absolute Gasteiger partial charge is 0.417 e. The van der Waals surface area contributed by atoms with Gasteiger partial charge < -0.3 is 10.2 Å². The Labute approximate surface area is 200 Å². The van der Waals surface area contributed by atoms with Gasteiger partial charge in [0.2, 0.25) is 0 Å². The molecule has 0 saturated carbocycles. The highest BCUT2D eigenvalue weighted by molar-refractivity contribution is 5.96. The number of alkyl halides is 3. The summed E-state index contributed by atoms with van der Waals surface area (Å²) in [5, 5.41) is 13.8. The van der Waals surface area contributed by atoms with Gasteiger partial charge in [0.25, 0.3) is 17.5 Å². The van der Waals surface area contributed by atoms with Crippen LogP contribution in [-0.4, -0.2) is 58.3 Å². The van der Waals surface area contributed by atoms with Crippen molar-refractivity contribution in [2.45, 2.75) is 39.0 Å². The van der Waals surface area contributed by atoms with Gasteiger partial charge in [0.05, 0.1) is 16.1 Å². The number of hydrogen-bond donors (Lipinski definition) is 1. The monoisotopic (exact) mass is 492 g/mol. The molecule has 1 fully saturated rings. The second kappa shape index (κ2) is 10.0. The predicted octanol–water partition coefficient (Wildman–Crippen LogP) is 4.10. The summed E-state index contributed by atoms with van der Waals surface area (Å²) in [5.41, 5.74) is -1.58. The first kappa shape index (κ1) is 26.1. The highest BCUT2D eigenvalue weighted by Crippen LogP contribution is 2.35. The Morgan fingerprint density at radius 3 is 2.26 bits per heavy atom. The van der Waals surface area contributed by atoms with Crippen molar-refractivity contribution in [3.63, 3.8) is 0 Å². The third-order valence-corrected chi connectivity index (χ3v) is 5.49. The molecule has 0 radical (unpaired) electrons. The summed E-state index contributed by atoms with van der Waals surface area (Å²) < 4.78 is 40.4. The first-order valence-corrected chi connectivity index (χ1v) is 11.0. The van der Waals surface area contributed by atoms with E-state index in [9.17, 15) is 32.9 Å². The van der Waals surface area contributed by atoms with E-state index in [1.54, 1.807) is 18.2 Å². The smallest absolute Gasteiger partial charge is 0.347 e. The van der Waals surface area contributed by atoms with Crippen LogP contribution < -0.4 is 5.32 Å². The second-order valence-electron chi connectivity index (χ2n) is 9.46. The quantitative estimate of drug-likeness (QED) is 0.501. The molecule has 1 saturated heterocycles. The van der Waals surface area contributed by atoms with Crippen molar-refractivity contribution < 1.29 is 27.7 Å². The number of nitrogens with one attached hydrogen (secondary N) is 1. The van der Waals surface area contributed by atoms with Crippen molar-refractivity contribution in [3.8, 4) is 0 Å². The van der Waals surface area contributed by atoms with Gasteiger partial charge in [0.1, 0.15) is 0 Å². The number of halogens is 3. The number of amides is 2. The lowest BCUT2D eigenvalue weighted by Crippen LogP contribution is -2.48. The van der Waals surface area contributed by atoms with E-state index >= 15 is 0 Å². The van der Waals surface area contributed by atoms with Crippen LogP contribution in [0.25, 0.3) is 0 Å². The zero-order valence-electron chi connectivity index (χ0n) is 19.7. The minimum absolute atomic E-state index is 0.182. The number of rotatable bonds is 5. The molecule has 1 aliphatic rings. The van der Waals surface area contributed by atoms with Crippen LogP contribution in [-0.2, 0) is 12.7 Å². The maximum absolute atomic E-state index is 13.5. The van der Waals surface area contributed by atoms with E-state index in [-0.39, 0.29) is 24.5 Å². The zero-order chi connectivity index (χ0) is 26.0. The van der Waals surface area contributed by atoms with E-state index in [0.717, 1.165) is 17.7 Å². The van der Waals surface area contributed by atoms with Crippen LogP contribution in [0.4, 0.5) is 18.9 Å². The fourth-order valence-electron chi connectivity index (χ4n) is 3.83. The molecule has 1 aliphatic heterocycles. The Kier molecular flexibility index (Phi) is 7.49. The third-order valence-electron chi connectivity index (χ3n) is 5.49. The lowest BCUT2D eigenvalue weighted by atomic mass is 10.0. The Hall–Kier alpha value is -3.47. The highest BCUT2D eigenvalue weighted by Gasteiger charge is 2.38. The summed E-state index contributed by atoms with van der Waals surface area (Å²) in [5.74, 6) is -0.994. The van der Waals surface area contributed by atoms with Crippen molar-refractivity contribution in [2.75, 3.05) is 26.2 Å². The molecule has 11 heteroatoms. The number of carbonyl (C=O) groups excluding carboxylic acids is 2. The van der Waals surface area contributed by atoms with E-state index in [1.165, 1.54) is 4.90 Å². The van der Waals surface area contributed by atoms with Crippen molar-refractivity contribution in [1.29, 1.82) is 0 Å². The van der Waals surface area contributed by atoms with Crippen LogP contribution in [0.2, 0.25) is 0 Å². The average molecular weight is 492 g/mol. The highest BCUT2D eigenvalue weighted by atomic mass is 19.4. The number of nitro groups is 1. The van der Waals surface area contributed by atoms with Crippen LogP contribution in [0.1, 0.15) is 52.6 Å². The third kappa shape index (κ3) is 6.78. The van der Waals surface area contributed by atoms with Crippen LogP contribution >= 0.6 is 0 Å². The molecule has 2 amide bonds. The predicted molar refractivity (Wildman–Crippen MR) is 123 cm³/mol. The van der Waals surface area contributed by atoms with E-state index in [4.69, 9.17) is 0 Å². The van der Waals surface area contributed by atoms with Gasteiger partial charge in [0.15, 0.2) is 0 Å². The van der Waals surface area contributed by atoms with Gasteiger partial charge in [-0.15, -0.1) is 0 Å². The summed E-state index contributed by atoms with van der Waals surface area (Å²) in [6.07, 6.45) is -4.90. The van der Waals surface area contributed by atoms with E-state index in [1.807, 2.05) is 31.7 Å². The molecular formula is C24H27F3N4O4. The number of nitro benzene ring substituents is 1. The molecule has 2 aromatic rings. The van der Waals surface area contributed by atoms with Crippen molar-refractivity contribution in [1.82, 2.24) is 15.1 Å². The van der Waals surface area contributed by atoms with E-state index < -0.39 is 33.8 Å². The lowest BCUT2D eigenvalue weighted by molar-refractivity contribution is -0.385. The topological polar surface area (TPSA) is 95.8 Å². The standard InChI is InChI=1S/C24H27F3N4O4/c1-23(2,3)28-21(32)17-6-4-5-16(13-17)15-29-9-11-30(12-10-29)22(33)19-8-7-18(31(34)35)14-20(19)24(25,26)27/h4-8,13-14H,9-12,15H2,1-3H3,(H,28,32). The Balaban J connectivity index is 1.66. The summed E-state index contributed by atoms with van der Waals surface area (Å²) in [4.78, 5) is 38.6. The fraction of sp³-hybridized carbons (Fsp3) is 0.417. The maximum atomic E-state index is 13.5. The number of nitrogens with zero attached hydrogens (tertiary/aromatic N) is 3. The lowest BCUT2D eigenvalue weighted by Gasteiger charge is -2.35. The molecule has 1 N–H and O–H groups in total. The fourth-order valence-corrected chi connectivity index (χ4v) is 3.83. The van der Waals surface area contributed by atoms with Gasteiger partial charge in [-0.3, -0.25) is 24.6 Å². The molecule has 0 aromatic heterocycles. The summed E-state index contributed by atoms with van der Waals surface area (Å²) in [7, 11) is 0. The van der Waals surface area contributed by atoms with Gasteiger partial charge >= 0.3 is 6.18 Å². The zero-order valence-corrected chi connectivity index (χ0v) is 19.7. The van der Waals surface area contributed by atoms with Gasteiger partial charge in [-0.05, 0) is 44.5 Å². The van der Waals surface area contributed by atoms with Gasteiger partial charge in [-0.2, -0.15) is 13.2 Å². The second-order valence-corrected chi connectivity index (χ2v) is 9.46. The Morgan fingerprint density at radius 2 is 1.69 bits per heavy atom. The SMILES string of the molecule is CC(C)(C)NC(=O)c1cccc(CN2CCN(C(=O)c3ccc([N+](=O)[O-])cc3C(F)(F)F)CC2)c1. The molecule has 188 valence electrons. The number of piperazine rings is 1. The van der Waals surface area contributed by atoms with Gasteiger partial charge in [0, 0.05) is 56.0 Å². The van der Waals surface area contributed by atoms with Crippen molar-refractivity contribution >= 4 is 17.5 Å². The Bertz CT molecular complexity index is 1120. The molecule has 0 bridgehead atoms. The minimum atomic E-state index is -4.90. The van der Waals surface area contributed by atoms with Crippen LogP contribution in [0.3, 0.4) is 0 Å². The van der Waals surface area contributed by atoms with Crippen molar-refractivity contribution in [2.24, 2.45) is 0 Å². The number of non-ortho nitro benzene ring substituents is 1. The molecule has 0 atom stereocenters. The molecule has 2 aromatic carbocycles. The summed E-state index contributed by atoms with van der Waals surface area (Å²) in [6.45, 7) is 7.47. The molecule has 1 heterocycles. The van der Waals surface area contributed by atoms with Gasteiger partial charge in [-0.25, -0.2) is 0 Å². The summed E-state index contributed by atoms with van der Waals surface area (Å²) in [6, 6.07) is 9.37. The average Bonchev–Trinajstić information content (AvgIpc) is 2.77. The molecule has 35 heavy (non-hydrogen) atoms. The van der Waals surface area contributed by atoms with Gasteiger partial charge in [-0.1, -0.05) is 12.1 Å². The van der Waals surface area contributed by atoms with Crippen LogP contribution in [0.5, 0.6) is 0 Å². The number of hydrogen-bond acceptors (Lipinski definition) is 5.